The van der Waals surface area contributed by atoms with E-state index in [2.05, 4.69) is 19.2 Å². The van der Waals surface area contributed by atoms with Gasteiger partial charge in [-0.05, 0) is 35.7 Å². The van der Waals surface area contributed by atoms with Gasteiger partial charge in [0.05, 0.1) is 0 Å². The number of hydrogen-bond donors (Lipinski definition) is 2. The predicted molar refractivity (Wildman–Crippen MR) is 86.3 cm³/mol. The summed E-state index contributed by atoms with van der Waals surface area (Å²) in [6.45, 7) is 4.40. The number of rotatable bonds is 5. The summed E-state index contributed by atoms with van der Waals surface area (Å²) in [4.78, 5) is 12.0. The number of anilines is 1. The van der Waals surface area contributed by atoms with Crippen molar-refractivity contribution in [2.75, 3.05) is 5.32 Å². The van der Waals surface area contributed by atoms with Crippen molar-refractivity contribution in [3.63, 3.8) is 0 Å². The molecule has 4 nitrogen and oxygen atoms in total. The molecule has 0 bridgehead atoms. The van der Waals surface area contributed by atoms with Crippen LogP contribution in [0.2, 0.25) is 5.02 Å². The van der Waals surface area contributed by atoms with Gasteiger partial charge in [0, 0.05) is 29.1 Å². The van der Waals surface area contributed by atoms with Crippen LogP contribution in [-0.2, 0) is 11.3 Å². The lowest BCUT2D eigenvalue weighted by Crippen LogP contribution is -2.18. The van der Waals surface area contributed by atoms with E-state index in [1.54, 1.807) is 24.3 Å². The molecular weight excluding hydrogens is 286 g/mol. The highest BCUT2D eigenvalue weighted by Gasteiger charge is 2.12. The Labute approximate surface area is 129 Å². The normalized spacial score (nSPS) is 12.4. The van der Waals surface area contributed by atoms with Gasteiger partial charge in [0.2, 0.25) is 5.91 Å². The average molecular weight is 306 g/mol. The minimum Gasteiger partial charge on any atom is -0.345 e. The van der Waals surface area contributed by atoms with Gasteiger partial charge in [-0.25, -0.2) is 0 Å². The van der Waals surface area contributed by atoms with Crippen molar-refractivity contribution in [3.8, 4) is 0 Å². The van der Waals surface area contributed by atoms with Crippen LogP contribution in [0.25, 0.3) is 0 Å². The second-order valence-corrected chi connectivity index (χ2v) is 5.88. The molecule has 0 saturated heterocycles. The Kier molecular flexibility index (Phi) is 5.04. The highest BCUT2D eigenvalue weighted by atomic mass is 35.5. The maximum Gasteiger partial charge on any atom is 0.244 e. The van der Waals surface area contributed by atoms with E-state index in [1.165, 1.54) is 0 Å². The second kappa shape index (κ2) is 6.78. The van der Waals surface area contributed by atoms with E-state index in [9.17, 15) is 4.79 Å². The summed E-state index contributed by atoms with van der Waals surface area (Å²) in [7, 11) is 0. The molecule has 2 aromatic rings. The molecule has 1 atom stereocenters. The largest absolute Gasteiger partial charge is 0.345 e. The number of carbonyl (C=O) groups is 1. The summed E-state index contributed by atoms with van der Waals surface area (Å²) >= 11 is 5.89. The zero-order valence-corrected chi connectivity index (χ0v) is 13.0. The Bertz CT molecular complexity index is 621. The standard InChI is InChI=1S/C16H20ClN3O/c1-11(2)16(18)12-6-7-20(9-12)10-15(21)19-14-5-3-4-13(17)8-14/h3-9,11,16H,10,18H2,1-2H3,(H,19,21). The summed E-state index contributed by atoms with van der Waals surface area (Å²) in [6.07, 6.45) is 3.79. The number of hydrogen-bond acceptors (Lipinski definition) is 2. The SMILES string of the molecule is CC(C)C(N)c1ccn(CC(=O)Nc2cccc(Cl)c2)c1. The highest BCUT2D eigenvalue weighted by Crippen LogP contribution is 2.19. The molecule has 0 saturated carbocycles. The van der Waals surface area contributed by atoms with Crippen LogP contribution in [0.15, 0.2) is 42.7 Å². The zero-order chi connectivity index (χ0) is 15.4. The number of nitrogens with one attached hydrogen (secondary N) is 1. The topological polar surface area (TPSA) is 60.0 Å². The average Bonchev–Trinajstić information content (AvgIpc) is 2.85. The van der Waals surface area contributed by atoms with Crippen molar-refractivity contribution in [1.29, 1.82) is 0 Å². The van der Waals surface area contributed by atoms with E-state index < -0.39 is 0 Å². The Morgan fingerprint density at radius 2 is 2.14 bits per heavy atom. The van der Waals surface area contributed by atoms with E-state index in [4.69, 9.17) is 17.3 Å². The Balaban J connectivity index is 1.97. The lowest BCUT2D eigenvalue weighted by Gasteiger charge is -2.13. The van der Waals surface area contributed by atoms with Crippen molar-refractivity contribution in [2.45, 2.75) is 26.4 Å². The molecule has 0 aliphatic carbocycles. The molecule has 1 aromatic carbocycles. The van der Waals surface area contributed by atoms with Gasteiger partial charge in [0.1, 0.15) is 6.54 Å². The molecule has 0 fully saturated rings. The van der Waals surface area contributed by atoms with E-state index in [-0.39, 0.29) is 18.5 Å². The van der Waals surface area contributed by atoms with Gasteiger partial charge in [0.25, 0.3) is 0 Å². The summed E-state index contributed by atoms with van der Waals surface area (Å²) in [5, 5.41) is 3.41. The number of nitrogens with zero attached hydrogens (tertiary/aromatic N) is 1. The number of carbonyl (C=O) groups excluding carboxylic acids is 1. The fourth-order valence-corrected chi connectivity index (χ4v) is 2.26. The molecule has 1 heterocycles. The fraction of sp³-hybridized carbons (Fsp3) is 0.312. The molecule has 0 aliphatic heterocycles. The van der Waals surface area contributed by atoms with Crippen LogP contribution < -0.4 is 11.1 Å². The van der Waals surface area contributed by atoms with Gasteiger partial charge >= 0.3 is 0 Å². The van der Waals surface area contributed by atoms with Crippen molar-refractivity contribution >= 4 is 23.2 Å². The Hall–Kier alpha value is -1.78. The smallest absolute Gasteiger partial charge is 0.244 e. The second-order valence-electron chi connectivity index (χ2n) is 5.45. The van der Waals surface area contributed by atoms with Crippen molar-refractivity contribution < 1.29 is 4.79 Å². The minimum atomic E-state index is -0.0995. The summed E-state index contributed by atoms with van der Waals surface area (Å²) in [5.74, 6) is 0.263. The summed E-state index contributed by atoms with van der Waals surface area (Å²) in [6, 6.07) is 9.03. The lowest BCUT2D eigenvalue weighted by molar-refractivity contribution is -0.116. The molecule has 112 valence electrons. The molecule has 5 heteroatoms. The first-order valence-electron chi connectivity index (χ1n) is 6.92. The third-order valence-electron chi connectivity index (χ3n) is 3.31. The molecule has 0 spiro atoms. The van der Waals surface area contributed by atoms with E-state index >= 15 is 0 Å². The molecule has 0 aliphatic rings. The Morgan fingerprint density at radius 3 is 2.81 bits per heavy atom. The number of benzene rings is 1. The molecule has 1 unspecified atom stereocenters. The highest BCUT2D eigenvalue weighted by molar-refractivity contribution is 6.30. The van der Waals surface area contributed by atoms with Crippen LogP contribution in [0.1, 0.15) is 25.5 Å². The maximum atomic E-state index is 12.0. The van der Waals surface area contributed by atoms with Gasteiger partial charge in [0.15, 0.2) is 0 Å². The van der Waals surface area contributed by atoms with Gasteiger partial charge < -0.3 is 15.6 Å². The zero-order valence-electron chi connectivity index (χ0n) is 12.2. The van der Waals surface area contributed by atoms with Crippen molar-refractivity contribution in [1.82, 2.24) is 4.57 Å². The van der Waals surface area contributed by atoms with Crippen LogP contribution in [0.3, 0.4) is 0 Å². The molecule has 2 rings (SSSR count). The maximum absolute atomic E-state index is 12.0. The van der Waals surface area contributed by atoms with E-state index in [0.717, 1.165) is 5.56 Å². The molecule has 0 radical (unpaired) electrons. The quantitative estimate of drug-likeness (QED) is 0.889. The van der Waals surface area contributed by atoms with Gasteiger partial charge in [-0.3, -0.25) is 4.79 Å². The number of nitrogens with two attached hydrogens (primary N) is 1. The third kappa shape index (κ3) is 4.34. The number of amides is 1. The van der Waals surface area contributed by atoms with Crippen LogP contribution >= 0.6 is 11.6 Å². The molecule has 1 amide bonds. The van der Waals surface area contributed by atoms with E-state index in [0.29, 0.717) is 16.6 Å². The van der Waals surface area contributed by atoms with Crippen LogP contribution in [0, 0.1) is 5.92 Å². The first kappa shape index (κ1) is 15.6. The van der Waals surface area contributed by atoms with E-state index in [1.807, 2.05) is 23.0 Å². The van der Waals surface area contributed by atoms with Crippen LogP contribution in [-0.4, -0.2) is 10.5 Å². The summed E-state index contributed by atoms with van der Waals surface area (Å²) in [5.41, 5.74) is 7.83. The van der Waals surface area contributed by atoms with Gasteiger partial charge in [-0.1, -0.05) is 31.5 Å². The first-order valence-corrected chi connectivity index (χ1v) is 7.30. The number of aromatic nitrogens is 1. The first-order chi connectivity index (χ1) is 9.95. The molecule has 1 aromatic heterocycles. The van der Waals surface area contributed by atoms with Gasteiger partial charge in [-0.15, -0.1) is 0 Å². The minimum absolute atomic E-state index is 0.0118. The van der Waals surface area contributed by atoms with Crippen LogP contribution in [0.4, 0.5) is 5.69 Å². The fourth-order valence-electron chi connectivity index (χ4n) is 2.07. The molecule has 3 N–H and O–H groups in total. The third-order valence-corrected chi connectivity index (χ3v) is 3.55. The molecular formula is C16H20ClN3O. The van der Waals surface area contributed by atoms with Crippen LogP contribution in [0.5, 0.6) is 0 Å². The van der Waals surface area contributed by atoms with Crippen molar-refractivity contribution in [3.05, 3.63) is 53.3 Å². The summed E-state index contributed by atoms with van der Waals surface area (Å²) < 4.78 is 1.83. The monoisotopic (exact) mass is 305 g/mol. The lowest BCUT2D eigenvalue weighted by atomic mass is 10.00. The van der Waals surface area contributed by atoms with Gasteiger partial charge in [-0.2, -0.15) is 0 Å². The van der Waals surface area contributed by atoms with Crippen molar-refractivity contribution in [2.24, 2.45) is 11.7 Å². The predicted octanol–water partition coefficient (Wildman–Crippen LogP) is 3.44. The number of halogens is 1. The Morgan fingerprint density at radius 1 is 1.38 bits per heavy atom. The molecule has 21 heavy (non-hydrogen) atoms.